The number of pyridine rings is 1. The van der Waals surface area contributed by atoms with E-state index < -0.39 is 10.5 Å². The fraction of sp³-hybridized carbons (Fsp3) is 0.409. The molecule has 0 aliphatic carbocycles. The number of hydrogen-bond donors (Lipinski definition) is 2. The van der Waals surface area contributed by atoms with Crippen molar-refractivity contribution in [3.8, 4) is 0 Å². The van der Waals surface area contributed by atoms with Crippen LogP contribution >= 0.6 is 0 Å². The Balaban J connectivity index is 2.15. The molecule has 0 fully saturated rings. The summed E-state index contributed by atoms with van der Waals surface area (Å²) in [7, 11) is 0. The third kappa shape index (κ3) is 6.37. The maximum absolute atomic E-state index is 12.5. The molecule has 0 spiro atoms. The van der Waals surface area contributed by atoms with E-state index in [2.05, 4.69) is 15.6 Å². The molecule has 1 aromatic heterocycles. The molecule has 160 valence electrons. The van der Waals surface area contributed by atoms with Crippen LogP contribution in [0.5, 0.6) is 0 Å². The van der Waals surface area contributed by atoms with E-state index >= 15 is 0 Å². The highest BCUT2D eigenvalue weighted by molar-refractivity contribution is 5.96. The number of rotatable bonds is 5. The zero-order valence-corrected chi connectivity index (χ0v) is 18.2. The van der Waals surface area contributed by atoms with Gasteiger partial charge in [-0.15, -0.1) is 0 Å². The van der Waals surface area contributed by atoms with Crippen molar-refractivity contribution in [2.24, 2.45) is 0 Å². The van der Waals surface area contributed by atoms with Crippen LogP contribution in [0.1, 0.15) is 63.2 Å². The van der Waals surface area contributed by atoms with Gasteiger partial charge in [-0.2, -0.15) is 0 Å². The van der Waals surface area contributed by atoms with Crippen LogP contribution in [0.25, 0.3) is 0 Å². The highest BCUT2D eigenvalue weighted by atomic mass is 16.6. The Kier molecular flexibility index (Phi) is 6.60. The summed E-state index contributed by atoms with van der Waals surface area (Å²) in [6.07, 6.45) is 1.41. The Morgan fingerprint density at radius 1 is 1.07 bits per heavy atom. The van der Waals surface area contributed by atoms with Crippen LogP contribution in [0.15, 0.2) is 36.5 Å². The van der Waals surface area contributed by atoms with E-state index in [9.17, 15) is 19.7 Å². The molecule has 2 amide bonds. The van der Waals surface area contributed by atoms with Gasteiger partial charge < -0.3 is 10.6 Å². The van der Waals surface area contributed by atoms with Crippen molar-refractivity contribution in [3.63, 3.8) is 0 Å². The third-order valence-corrected chi connectivity index (χ3v) is 4.20. The number of aromatic nitrogens is 1. The van der Waals surface area contributed by atoms with Crippen LogP contribution in [0.3, 0.4) is 0 Å². The lowest BCUT2D eigenvalue weighted by Crippen LogP contribution is -2.40. The molecule has 8 heteroatoms. The normalized spacial score (nSPS) is 11.7. The number of carbonyl (C=O) groups is 2. The first-order valence-electron chi connectivity index (χ1n) is 9.62. The molecule has 0 bridgehead atoms. The summed E-state index contributed by atoms with van der Waals surface area (Å²) in [6, 6.07) is 7.93. The lowest BCUT2D eigenvalue weighted by atomic mass is 9.85. The molecule has 8 nitrogen and oxygen atoms in total. The van der Waals surface area contributed by atoms with Gasteiger partial charge in [-0.05, 0) is 43.9 Å². The second-order valence-electron chi connectivity index (χ2n) is 9.22. The molecule has 1 aromatic carbocycles. The molecule has 2 N–H and O–H groups in total. The lowest BCUT2D eigenvalue weighted by molar-refractivity contribution is -0.386. The number of nitrogens with zero attached hydrogens (tertiary/aromatic N) is 2. The number of nitrogens with one attached hydrogen (secondary N) is 2. The van der Waals surface area contributed by atoms with Crippen molar-refractivity contribution in [1.29, 1.82) is 0 Å². The summed E-state index contributed by atoms with van der Waals surface area (Å²) in [5, 5.41) is 17.0. The topological polar surface area (TPSA) is 114 Å². The van der Waals surface area contributed by atoms with E-state index in [1.807, 2.05) is 41.5 Å². The van der Waals surface area contributed by atoms with Gasteiger partial charge in [0.25, 0.3) is 11.6 Å². The minimum absolute atomic E-state index is 0.00199. The molecular formula is C22H28N4O4. The standard InChI is InChI=1S/C22H28N4O4/c1-21(2,3)16-8-7-14(11-18(16)26(29)30)12-19(27)24-15-9-10-23-17(13-15)20(28)25-22(4,5)6/h7-11,13H,12H2,1-6H3,(H,25,28)(H,23,24,27). The van der Waals surface area contributed by atoms with E-state index in [1.165, 1.54) is 18.3 Å². The Bertz CT molecular complexity index is 972. The minimum atomic E-state index is -0.426. The summed E-state index contributed by atoms with van der Waals surface area (Å²) < 4.78 is 0. The quantitative estimate of drug-likeness (QED) is 0.569. The zero-order chi connectivity index (χ0) is 22.7. The number of carbonyl (C=O) groups excluding carboxylic acids is 2. The van der Waals surface area contributed by atoms with Crippen LogP contribution in [-0.2, 0) is 16.6 Å². The van der Waals surface area contributed by atoms with Crippen molar-refractivity contribution in [1.82, 2.24) is 10.3 Å². The molecule has 0 radical (unpaired) electrons. The second kappa shape index (κ2) is 8.61. The fourth-order valence-electron chi connectivity index (χ4n) is 2.90. The Morgan fingerprint density at radius 2 is 1.73 bits per heavy atom. The maximum atomic E-state index is 12.5. The Hall–Kier alpha value is -3.29. The summed E-state index contributed by atoms with van der Waals surface area (Å²) in [5.74, 6) is -0.687. The van der Waals surface area contributed by atoms with Gasteiger partial charge in [0.15, 0.2) is 0 Å². The van der Waals surface area contributed by atoms with E-state index in [-0.39, 0.29) is 35.0 Å². The predicted molar refractivity (Wildman–Crippen MR) is 116 cm³/mol. The monoisotopic (exact) mass is 412 g/mol. The van der Waals surface area contributed by atoms with Gasteiger partial charge in [-0.3, -0.25) is 24.7 Å². The fourth-order valence-corrected chi connectivity index (χ4v) is 2.90. The molecular weight excluding hydrogens is 384 g/mol. The first kappa shape index (κ1) is 23.0. The molecule has 0 atom stereocenters. The van der Waals surface area contributed by atoms with Crippen LogP contribution < -0.4 is 10.6 Å². The molecule has 0 aliphatic rings. The number of hydrogen-bond acceptors (Lipinski definition) is 5. The molecule has 0 aliphatic heterocycles. The minimum Gasteiger partial charge on any atom is -0.346 e. The molecule has 2 aromatic rings. The molecule has 0 saturated carbocycles. The first-order valence-corrected chi connectivity index (χ1v) is 9.62. The zero-order valence-electron chi connectivity index (χ0n) is 18.2. The number of amides is 2. The van der Waals surface area contributed by atoms with Crippen molar-refractivity contribution in [2.45, 2.75) is 58.9 Å². The number of benzene rings is 1. The predicted octanol–water partition coefficient (Wildman–Crippen LogP) is 4.00. The van der Waals surface area contributed by atoms with Crippen LogP contribution in [0.4, 0.5) is 11.4 Å². The van der Waals surface area contributed by atoms with E-state index in [1.54, 1.807) is 18.2 Å². The molecule has 1 heterocycles. The highest BCUT2D eigenvalue weighted by Gasteiger charge is 2.25. The highest BCUT2D eigenvalue weighted by Crippen LogP contribution is 2.32. The average Bonchev–Trinajstić information content (AvgIpc) is 2.59. The molecule has 0 saturated heterocycles. The molecule has 30 heavy (non-hydrogen) atoms. The maximum Gasteiger partial charge on any atom is 0.273 e. The van der Waals surface area contributed by atoms with E-state index in [4.69, 9.17) is 0 Å². The average molecular weight is 412 g/mol. The van der Waals surface area contributed by atoms with Crippen LogP contribution in [0.2, 0.25) is 0 Å². The van der Waals surface area contributed by atoms with Crippen molar-refractivity contribution in [2.75, 3.05) is 5.32 Å². The van der Waals surface area contributed by atoms with E-state index in [0.29, 0.717) is 16.8 Å². The third-order valence-electron chi connectivity index (χ3n) is 4.20. The van der Waals surface area contributed by atoms with Crippen LogP contribution in [0, 0.1) is 10.1 Å². The van der Waals surface area contributed by atoms with Crippen molar-refractivity contribution >= 4 is 23.2 Å². The summed E-state index contributed by atoms with van der Waals surface area (Å²) in [6.45, 7) is 11.3. The van der Waals surface area contributed by atoms with Gasteiger partial charge in [-0.1, -0.05) is 32.9 Å². The second-order valence-corrected chi connectivity index (χ2v) is 9.22. The van der Waals surface area contributed by atoms with Crippen LogP contribution in [-0.4, -0.2) is 27.3 Å². The number of nitro groups is 1. The lowest BCUT2D eigenvalue weighted by Gasteiger charge is -2.20. The van der Waals surface area contributed by atoms with Gasteiger partial charge in [0.2, 0.25) is 5.91 Å². The first-order chi connectivity index (χ1) is 13.8. The Morgan fingerprint density at radius 3 is 2.30 bits per heavy atom. The molecule has 0 unspecified atom stereocenters. The summed E-state index contributed by atoms with van der Waals surface area (Å²) >= 11 is 0. The number of nitro benzene ring substituents is 1. The largest absolute Gasteiger partial charge is 0.346 e. The van der Waals surface area contributed by atoms with Gasteiger partial charge >= 0.3 is 0 Å². The van der Waals surface area contributed by atoms with Gasteiger partial charge in [0.1, 0.15) is 5.69 Å². The smallest absolute Gasteiger partial charge is 0.273 e. The number of anilines is 1. The van der Waals surface area contributed by atoms with Gasteiger partial charge in [0, 0.05) is 29.1 Å². The summed E-state index contributed by atoms with van der Waals surface area (Å²) in [5.41, 5.74) is 0.962. The SMILES string of the molecule is CC(C)(C)NC(=O)c1cc(NC(=O)Cc2ccc(C(C)(C)C)c([N+](=O)[O-])c2)ccn1. The Labute approximate surface area is 176 Å². The van der Waals surface area contributed by atoms with Crippen molar-refractivity contribution < 1.29 is 14.5 Å². The van der Waals surface area contributed by atoms with Gasteiger partial charge in [-0.25, -0.2) is 0 Å². The van der Waals surface area contributed by atoms with Crippen molar-refractivity contribution in [3.05, 3.63) is 63.5 Å². The van der Waals surface area contributed by atoms with E-state index in [0.717, 1.165) is 0 Å². The van der Waals surface area contributed by atoms with Gasteiger partial charge in [0.05, 0.1) is 11.3 Å². The molecule has 2 rings (SSSR count). The summed E-state index contributed by atoms with van der Waals surface area (Å²) in [4.78, 5) is 39.8.